The number of carbonyl (C=O) groups is 2. The number of nitrogens with zero attached hydrogens (tertiary/aromatic N) is 1. The van der Waals surface area contributed by atoms with E-state index in [4.69, 9.17) is 26.2 Å². The van der Waals surface area contributed by atoms with Crippen LogP contribution in [-0.2, 0) is 9.53 Å². The minimum Gasteiger partial charge on any atom is -0.496 e. The van der Waals surface area contributed by atoms with Crippen molar-refractivity contribution in [2.24, 2.45) is 5.41 Å². The second-order valence-electron chi connectivity index (χ2n) is 10.4. The van der Waals surface area contributed by atoms with Gasteiger partial charge in [-0.05, 0) is 61.1 Å². The molecule has 2 aromatic carbocycles. The van der Waals surface area contributed by atoms with Gasteiger partial charge in [0.25, 0.3) is 5.91 Å². The van der Waals surface area contributed by atoms with Gasteiger partial charge in [-0.3, -0.25) is 10.1 Å². The topological polar surface area (TPSA) is 97.8 Å². The molecule has 0 saturated carbocycles. The number of benzene rings is 2. The van der Waals surface area contributed by atoms with Crippen molar-refractivity contribution < 1.29 is 24.2 Å². The Labute approximate surface area is 238 Å². The van der Waals surface area contributed by atoms with Gasteiger partial charge in [-0.15, -0.1) is 11.3 Å². The van der Waals surface area contributed by atoms with Gasteiger partial charge in [0.2, 0.25) is 0 Å². The molecular formula is C30H35ClN2O5S. The summed E-state index contributed by atoms with van der Waals surface area (Å²) < 4.78 is 12.1. The second-order valence-corrected chi connectivity index (χ2v) is 11.6. The van der Waals surface area contributed by atoms with E-state index in [0.717, 1.165) is 17.5 Å². The summed E-state index contributed by atoms with van der Waals surface area (Å²) in [4.78, 5) is 28.9. The average Bonchev–Trinajstić information content (AvgIpc) is 3.33. The first kappa shape index (κ1) is 30.3. The first-order valence-corrected chi connectivity index (χ1v) is 13.9. The van der Waals surface area contributed by atoms with Crippen LogP contribution in [0.3, 0.4) is 0 Å². The molecule has 1 amide bonds. The Morgan fingerprint density at radius 1 is 1.26 bits per heavy atom. The van der Waals surface area contributed by atoms with Gasteiger partial charge >= 0.3 is 5.97 Å². The monoisotopic (exact) mass is 570 g/mol. The van der Waals surface area contributed by atoms with Crippen LogP contribution in [0.5, 0.6) is 5.75 Å². The van der Waals surface area contributed by atoms with Gasteiger partial charge in [-0.25, -0.2) is 9.78 Å². The molecule has 2 N–H and O–H groups in total. The van der Waals surface area contributed by atoms with E-state index in [1.54, 1.807) is 20.1 Å². The third-order valence-electron chi connectivity index (χ3n) is 6.10. The number of carbonyl (C=O) groups excluding carboxylic acids is 1. The molecule has 1 atom stereocenters. The van der Waals surface area contributed by atoms with Crippen LogP contribution in [0.1, 0.15) is 74.2 Å². The number of carboxylic acids is 1. The van der Waals surface area contributed by atoms with E-state index in [1.165, 1.54) is 30.4 Å². The molecule has 7 nitrogen and oxygen atoms in total. The fourth-order valence-electron chi connectivity index (χ4n) is 4.20. The Bertz CT molecular complexity index is 1370. The zero-order chi connectivity index (χ0) is 28.9. The lowest BCUT2D eigenvalue weighted by molar-refractivity contribution is -0.132. The summed E-state index contributed by atoms with van der Waals surface area (Å²) in [5.41, 5.74) is 4.03. The number of nitrogens with one attached hydrogen (secondary N) is 1. The summed E-state index contributed by atoms with van der Waals surface area (Å²) in [5, 5.41) is 14.6. The van der Waals surface area contributed by atoms with Gasteiger partial charge in [0, 0.05) is 39.3 Å². The zero-order valence-electron chi connectivity index (χ0n) is 23.3. The number of aromatic nitrogens is 1. The summed E-state index contributed by atoms with van der Waals surface area (Å²) in [6.07, 6.45) is 2.24. The minimum atomic E-state index is -1.03. The summed E-state index contributed by atoms with van der Waals surface area (Å²) in [7, 11) is 1.64. The van der Waals surface area contributed by atoms with Crippen LogP contribution in [0, 0.1) is 12.3 Å². The molecule has 0 radical (unpaired) electrons. The van der Waals surface area contributed by atoms with E-state index in [2.05, 4.69) is 38.0 Å². The normalized spacial score (nSPS) is 12.8. The molecule has 0 fully saturated rings. The van der Waals surface area contributed by atoms with E-state index in [1.807, 2.05) is 23.6 Å². The predicted molar refractivity (Wildman–Crippen MR) is 158 cm³/mol. The standard InChI is InChI=1S/C30H35ClN2O5S/c1-8-12-38-26(30(4,5)6)21-11-9-10-20(25(21)37-7)24-16-39-29(32-24)33-27(34)19-13-17(2)22(23(31)15-19)14-18(3)28(35)36/h9-11,13-16,26H,8,12H2,1-7H3,(H,35,36)(H,32,33,34)/b18-14+/t26-/m1/s1. The first-order valence-electron chi connectivity index (χ1n) is 12.6. The first-order chi connectivity index (χ1) is 18.4. The van der Waals surface area contributed by atoms with Crippen LogP contribution in [0.4, 0.5) is 5.13 Å². The number of methoxy groups -OCH3 is 1. The molecule has 3 rings (SSSR count). The van der Waals surface area contributed by atoms with Crippen molar-refractivity contribution in [3.05, 3.63) is 68.6 Å². The third kappa shape index (κ3) is 7.26. The molecule has 9 heteroatoms. The van der Waals surface area contributed by atoms with Crippen molar-refractivity contribution in [1.29, 1.82) is 0 Å². The number of ether oxygens (including phenoxy) is 2. The van der Waals surface area contributed by atoms with Crippen molar-refractivity contribution in [2.45, 2.75) is 54.1 Å². The van der Waals surface area contributed by atoms with Crippen LogP contribution < -0.4 is 10.1 Å². The second kappa shape index (κ2) is 12.8. The van der Waals surface area contributed by atoms with Crippen LogP contribution >= 0.6 is 22.9 Å². The van der Waals surface area contributed by atoms with Crippen LogP contribution in [0.15, 0.2) is 41.3 Å². The summed E-state index contributed by atoms with van der Waals surface area (Å²) in [5.74, 6) is -0.705. The maximum atomic E-state index is 13.0. The molecule has 0 aliphatic carbocycles. The van der Waals surface area contributed by atoms with Crippen LogP contribution in [-0.4, -0.2) is 35.7 Å². The maximum absolute atomic E-state index is 13.0. The Kier molecular flexibility index (Phi) is 9.93. The van der Waals surface area contributed by atoms with Gasteiger partial charge in [-0.1, -0.05) is 51.4 Å². The molecule has 0 aliphatic heterocycles. The number of aryl methyl sites for hydroxylation is 1. The van der Waals surface area contributed by atoms with Crippen LogP contribution in [0.25, 0.3) is 17.3 Å². The molecule has 39 heavy (non-hydrogen) atoms. The molecular weight excluding hydrogens is 536 g/mol. The highest BCUT2D eigenvalue weighted by Gasteiger charge is 2.31. The molecule has 0 bridgehead atoms. The molecule has 208 valence electrons. The predicted octanol–water partition coefficient (Wildman–Crippen LogP) is 8.03. The van der Waals surface area contributed by atoms with E-state index >= 15 is 0 Å². The molecule has 3 aromatic rings. The third-order valence-corrected chi connectivity index (χ3v) is 7.18. The van der Waals surface area contributed by atoms with Gasteiger partial charge in [0.05, 0.1) is 18.9 Å². The number of anilines is 1. The summed E-state index contributed by atoms with van der Waals surface area (Å²) in [6.45, 7) is 12.4. The molecule has 0 saturated heterocycles. The van der Waals surface area contributed by atoms with Gasteiger partial charge < -0.3 is 14.6 Å². The molecule has 0 spiro atoms. The Morgan fingerprint density at radius 2 is 1.97 bits per heavy atom. The molecule has 1 heterocycles. The number of aliphatic carboxylic acids is 1. The van der Waals surface area contributed by atoms with Gasteiger partial charge in [0.15, 0.2) is 5.13 Å². The van der Waals surface area contributed by atoms with Crippen molar-refractivity contribution in [1.82, 2.24) is 4.98 Å². The van der Waals surface area contributed by atoms with Crippen LogP contribution in [0.2, 0.25) is 5.02 Å². The van der Waals surface area contributed by atoms with Gasteiger partial charge in [0.1, 0.15) is 5.75 Å². The smallest absolute Gasteiger partial charge is 0.331 e. The van der Waals surface area contributed by atoms with Crippen molar-refractivity contribution in [3.63, 3.8) is 0 Å². The molecule has 0 unspecified atom stereocenters. The highest BCUT2D eigenvalue weighted by molar-refractivity contribution is 7.14. The average molecular weight is 571 g/mol. The number of thiazole rings is 1. The van der Waals surface area contributed by atoms with E-state index in [9.17, 15) is 9.59 Å². The number of hydrogen-bond donors (Lipinski definition) is 2. The fourth-order valence-corrected chi connectivity index (χ4v) is 5.23. The lowest BCUT2D eigenvalue weighted by atomic mass is 9.83. The number of para-hydroxylation sites is 1. The Hall–Kier alpha value is -3.20. The Morgan fingerprint density at radius 3 is 2.56 bits per heavy atom. The lowest BCUT2D eigenvalue weighted by Crippen LogP contribution is -2.22. The maximum Gasteiger partial charge on any atom is 0.331 e. The van der Waals surface area contributed by atoms with Gasteiger partial charge in [-0.2, -0.15) is 0 Å². The minimum absolute atomic E-state index is 0.151. The summed E-state index contributed by atoms with van der Waals surface area (Å²) >= 11 is 7.70. The highest BCUT2D eigenvalue weighted by atomic mass is 35.5. The summed E-state index contributed by atoms with van der Waals surface area (Å²) in [6, 6.07) is 9.12. The SMILES string of the molecule is CCCO[C@H](c1cccc(-c2csc(NC(=O)c3cc(C)c(/C=C(\C)C(=O)O)c(Cl)c3)n2)c1OC)C(C)(C)C. The number of carboxylic acid groups (broad SMARTS) is 1. The molecule has 1 aromatic heterocycles. The number of halogens is 1. The quantitative estimate of drug-likeness (QED) is 0.239. The zero-order valence-corrected chi connectivity index (χ0v) is 24.9. The van der Waals surface area contributed by atoms with E-state index < -0.39 is 5.97 Å². The van der Waals surface area contributed by atoms with Crippen molar-refractivity contribution in [2.75, 3.05) is 19.0 Å². The molecule has 0 aliphatic rings. The highest BCUT2D eigenvalue weighted by Crippen LogP contribution is 2.44. The lowest BCUT2D eigenvalue weighted by Gasteiger charge is -2.32. The number of hydrogen-bond acceptors (Lipinski definition) is 6. The van der Waals surface area contributed by atoms with Crippen molar-refractivity contribution >= 4 is 46.0 Å². The Balaban J connectivity index is 1.89. The number of amides is 1. The fraction of sp³-hybridized carbons (Fsp3) is 0.367. The van der Waals surface area contributed by atoms with E-state index in [0.29, 0.717) is 44.9 Å². The van der Waals surface area contributed by atoms with Crippen molar-refractivity contribution in [3.8, 4) is 17.0 Å². The number of rotatable bonds is 10. The van der Waals surface area contributed by atoms with E-state index in [-0.39, 0.29) is 23.0 Å². The largest absolute Gasteiger partial charge is 0.496 e.